The topological polar surface area (TPSA) is 70.2 Å². The second-order valence-electron chi connectivity index (χ2n) is 7.69. The van der Waals surface area contributed by atoms with Crippen molar-refractivity contribution < 1.29 is 9.66 Å². The van der Waals surface area contributed by atoms with Crippen molar-refractivity contribution in [3.05, 3.63) is 57.7 Å². The number of ether oxygens (including phenoxy) is 1. The SMILES string of the molecule is C[Si](C)(C)CCOCn1ncc2cc(-c3ccc([N+](=O)[O-])cc3)c(Cl)cc21. The number of nitrogens with zero attached hydrogens (tertiary/aromatic N) is 3. The maximum atomic E-state index is 10.8. The van der Waals surface area contributed by atoms with Gasteiger partial charge in [-0.15, -0.1) is 0 Å². The fourth-order valence-electron chi connectivity index (χ4n) is 2.72. The van der Waals surface area contributed by atoms with Crippen molar-refractivity contribution >= 4 is 36.3 Å². The number of non-ortho nitro benzene ring substituents is 1. The van der Waals surface area contributed by atoms with Crippen molar-refractivity contribution in [1.29, 1.82) is 0 Å². The van der Waals surface area contributed by atoms with Crippen LogP contribution < -0.4 is 0 Å². The smallest absolute Gasteiger partial charge is 0.269 e. The standard InChI is InChI=1S/C19H22ClN3O3Si/c1-27(2,3)9-8-26-13-22-19-11-18(20)17(10-15(19)12-21-22)14-4-6-16(7-5-14)23(24)25/h4-7,10-12H,8-9,13H2,1-3H3. The molecule has 1 aromatic heterocycles. The molecule has 0 bridgehead atoms. The normalized spacial score (nSPS) is 11.9. The van der Waals surface area contributed by atoms with Crippen molar-refractivity contribution in [1.82, 2.24) is 9.78 Å². The molecule has 0 aliphatic rings. The van der Waals surface area contributed by atoms with Gasteiger partial charge in [-0.3, -0.25) is 10.1 Å². The van der Waals surface area contributed by atoms with Gasteiger partial charge in [0.25, 0.3) is 5.69 Å². The molecule has 27 heavy (non-hydrogen) atoms. The Labute approximate surface area is 163 Å². The van der Waals surface area contributed by atoms with Gasteiger partial charge in [0.1, 0.15) is 6.73 Å². The van der Waals surface area contributed by atoms with Gasteiger partial charge in [-0.05, 0) is 35.9 Å². The summed E-state index contributed by atoms with van der Waals surface area (Å²) in [5.41, 5.74) is 2.60. The molecule has 0 saturated carbocycles. The number of halogens is 1. The molecular formula is C19H22ClN3O3Si. The first kappa shape index (κ1) is 19.5. The average Bonchev–Trinajstić information content (AvgIpc) is 2.99. The third-order valence-electron chi connectivity index (χ3n) is 4.33. The molecule has 3 rings (SSSR count). The van der Waals surface area contributed by atoms with E-state index in [-0.39, 0.29) is 5.69 Å². The number of nitro benzene ring substituents is 1. The van der Waals surface area contributed by atoms with Gasteiger partial charge in [0.2, 0.25) is 0 Å². The molecule has 2 aromatic carbocycles. The van der Waals surface area contributed by atoms with Gasteiger partial charge in [-0.2, -0.15) is 5.10 Å². The average molecular weight is 404 g/mol. The van der Waals surface area contributed by atoms with Gasteiger partial charge in [0.05, 0.1) is 21.7 Å². The Morgan fingerprint density at radius 2 is 1.93 bits per heavy atom. The lowest BCUT2D eigenvalue weighted by Crippen LogP contribution is -2.22. The predicted octanol–water partition coefficient (Wildman–Crippen LogP) is 5.58. The summed E-state index contributed by atoms with van der Waals surface area (Å²) >= 11 is 6.48. The van der Waals surface area contributed by atoms with E-state index in [1.807, 2.05) is 12.1 Å². The lowest BCUT2D eigenvalue weighted by atomic mass is 10.0. The van der Waals surface area contributed by atoms with E-state index in [9.17, 15) is 10.1 Å². The van der Waals surface area contributed by atoms with Crippen LogP contribution in [0.25, 0.3) is 22.0 Å². The number of hydrogen-bond acceptors (Lipinski definition) is 4. The second-order valence-corrected chi connectivity index (χ2v) is 13.7. The first-order valence-corrected chi connectivity index (χ1v) is 12.8. The van der Waals surface area contributed by atoms with Crippen LogP contribution in [0.4, 0.5) is 5.69 Å². The first-order chi connectivity index (χ1) is 12.7. The molecule has 0 amide bonds. The van der Waals surface area contributed by atoms with Gasteiger partial charge in [-0.25, -0.2) is 4.68 Å². The Morgan fingerprint density at radius 3 is 2.56 bits per heavy atom. The summed E-state index contributed by atoms with van der Waals surface area (Å²) in [5.74, 6) is 0. The highest BCUT2D eigenvalue weighted by atomic mass is 35.5. The van der Waals surface area contributed by atoms with Crippen molar-refractivity contribution in [3.8, 4) is 11.1 Å². The van der Waals surface area contributed by atoms with Gasteiger partial charge >= 0.3 is 0 Å². The zero-order valence-corrected chi connectivity index (χ0v) is 17.4. The zero-order valence-electron chi connectivity index (χ0n) is 15.6. The van der Waals surface area contributed by atoms with Crippen LogP contribution in [0.2, 0.25) is 30.7 Å². The fraction of sp³-hybridized carbons (Fsp3) is 0.316. The van der Waals surface area contributed by atoms with Crippen LogP contribution in [0, 0.1) is 10.1 Å². The molecule has 0 aliphatic heterocycles. The summed E-state index contributed by atoms with van der Waals surface area (Å²) < 4.78 is 7.58. The van der Waals surface area contributed by atoms with Crippen molar-refractivity contribution in [3.63, 3.8) is 0 Å². The number of aromatic nitrogens is 2. The fourth-order valence-corrected chi connectivity index (χ4v) is 3.74. The highest BCUT2D eigenvalue weighted by Crippen LogP contribution is 2.33. The molecule has 3 aromatic rings. The zero-order chi connectivity index (χ0) is 19.6. The van der Waals surface area contributed by atoms with Crippen LogP contribution >= 0.6 is 11.6 Å². The lowest BCUT2D eigenvalue weighted by molar-refractivity contribution is -0.384. The van der Waals surface area contributed by atoms with Crippen LogP contribution in [0.1, 0.15) is 0 Å². The first-order valence-electron chi connectivity index (χ1n) is 8.72. The Kier molecular flexibility index (Phi) is 5.64. The summed E-state index contributed by atoms with van der Waals surface area (Å²) in [6.45, 7) is 8.07. The van der Waals surface area contributed by atoms with Crippen LogP contribution in [-0.4, -0.2) is 29.4 Å². The Bertz CT molecular complexity index is 965. The maximum absolute atomic E-state index is 10.8. The third-order valence-corrected chi connectivity index (χ3v) is 6.35. The van der Waals surface area contributed by atoms with Crippen LogP contribution in [-0.2, 0) is 11.5 Å². The molecule has 0 unspecified atom stereocenters. The van der Waals surface area contributed by atoms with E-state index in [4.69, 9.17) is 16.3 Å². The van der Waals surface area contributed by atoms with E-state index in [1.165, 1.54) is 12.1 Å². The lowest BCUT2D eigenvalue weighted by Gasteiger charge is -2.15. The molecule has 0 N–H and O–H groups in total. The van der Waals surface area contributed by atoms with E-state index in [2.05, 4.69) is 24.7 Å². The van der Waals surface area contributed by atoms with Crippen LogP contribution in [0.3, 0.4) is 0 Å². The summed E-state index contributed by atoms with van der Waals surface area (Å²) in [4.78, 5) is 10.4. The highest BCUT2D eigenvalue weighted by molar-refractivity contribution is 6.76. The maximum Gasteiger partial charge on any atom is 0.269 e. The number of rotatable bonds is 7. The van der Waals surface area contributed by atoms with E-state index in [1.54, 1.807) is 23.0 Å². The summed E-state index contributed by atoms with van der Waals surface area (Å²) in [6, 6.07) is 11.3. The molecule has 0 atom stereocenters. The van der Waals surface area contributed by atoms with E-state index < -0.39 is 13.0 Å². The molecule has 6 nitrogen and oxygen atoms in total. The van der Waals surface area contributed by atoms with E-state index >= 15 is 0 Å². The largest absolute Gasteiger partial charge is 0.360 e. The Morgan fingerprint density at radius 1 is 1.22 bits per heavy atom. The summed E-state index contributed by atoms with van der Waals surface area (Å²) in [6.07, 6.45) is 1.78. The summed E-state index contributed by atoms with van der Waals surface area (Å²) in [7, 11) is -1.12. The molecule has 0 saturated heterocycles. The van der Waals surface area contributed by atoms with E-state index in [0.717, 1.165) is 34.7 Å². The van der Waals surface area contributed by atoms with Gasteiger partial charge in [0, 0.05) is 37.8 Å². The monoisotopic (exact) mass is 403 g/mol. The number of nitro groups is 1. The third kappa shape index (κ3) is 4.74. The molecule has 0 aliphatic carbocycles. The van der Waals surface area contributed by atoms with Gasteiger partial charge in [-0.1, -0.05) is 31.2 Å². The number of hydrogen-bond donors (Lipinski definition) is 0. The Balaban J connectivity index is 1.80. The molecule has 0 fully saturated rings. The molecule has 1 heterocycles. The van der Waals surface area contributed by atoms with E-state index in [0.29, 0.717) is 11.8 Å². The highest BCUT2D eigenvalue weighted by Gasteiger charge is 2.14. The summed E-state index contributed by atoms with van der Waals surface area (Å²) in [5, 5.41) is 16.7. The van der Waals surface area contributed by atoms with Crippen LogP contribution in [0.5, 0.6) is 0 Å². The minimum absolute atomic E-state index is 0.0548. The minimum Gasteiger partial charge on any atom is -0.360 e. The van der Waals surface area contributed by atoms with Crippen molar-refractivity contribution in [2.45, 2.75) is 32.4 Å². The Hall–Kier alpha value is -2.22. The van der Waals surface area contributed by atoms with Crippen LogP contribution in [0.15, 0.2) is 42.6 Å². The predicted molar refractivity (Wildman–Crippen MR) is 111 cm³/mol. The molecular weight excluding hydrogens is 382 g/mol. The molecule has 0 spiro atoms. The van der Waals surface area contributed by atoms with Gasteiger partial charge in [0.15, 0.2) is 0 Å². The number of benzene rings is 2. The minimum atomic E-state index is -1.12. The molecule has 0 radical (unpaired) electrons. The quantitative estimate of drug-likeness (QED) is 0.223. The molecule has 8 heteroatoms. The molecule has 142 valence electrons. The van der Waals surface area contributed by atoms with Crippen molar-refractivity contribution in [2.24, 2.45) is 0 Å². The number of fused-ring (bicyclic) bond motifs is 1. The second kappa shape index (κ2) is 7.80. The van der Waals surface area contributed by atoms with Gasteiger partial charge < -0.3 is 4.74 Å². The van der Waals surface area contributed by atoms with Crippen molar-refractivity contribution in [2.75, 3.05) is 6.61 Å².